The number of fused-ring (bicyclic) bond motifs is 5. The molecule has 0 aromatic carbocycles. The van der Waals surface area contributed by atoms with Gasteiger partial charge in [-0.15, -0.1) is 0 Å². The fourth-order valence-electron chi connectivity index (χ4n) is 9.64. The SMILES string of the molecule is C[C@H](CC(=O)C[C@@H](C)[C@H]1C[C@H](O)[C@@]2(C)[C@@H]3C(=O)C[C@H]4C(C)(C)C(=O)CC[C@]4(C)[C@H]3C(=O)C[C@]12C)C(=O)O. The number of carboxylic acid groups (broad SMARTS) is 1. The van der Waals surface area contributed by atoms with Gasteiger partial charge < -0.3 is 10.2 Å². The van der Waals surface area contributed by atoms with Crippen LogP contribution in [-0.2, 0) is 24.0 Å². The molecule has 4 fully saturated rings. The summed E-state index contributed by atoms with van der Waals surface area (Å²) in [5.74, 6) is -3.36. The van der Waals surface area contributed by atoms with Crippen LogP contribution in [0.3, 0.4) is 0 Å². The summed E-state index contributed by atoms with van der Waals surface area (Å²) in [7, 11) is 0. The molecule has 10 atom stereocenters. The van der Waals surface area contributed by atoms with Crippen LogP contribution in [0.15, 0.2) is 0 Å². The third-order valence-corrected chi connectivity index (χ3v) is 12.0. The summed E-state index contributed by atoms with van der Waals surface area (Å²) in [4.78, 5) is 64.8. The lowest BCUT2D eigenvalue weighted by molar-refractivity contribution is -0.199. The van der Waals surface area contributed by atoms with Gasteiger partial charge in [0, 0.05) is 54.8 Å². The van der Waals surface area contributed by atoms with Crippen molar-refractivity contribution >= 4 is 29.1 Å². The average molecular weight is 517 g/mol. The minimum absolute atomic E-state index is 0.0178. The molecule has 0 aromatic heterocycles. The van der Waals surface area contributed by atoms with Gasteiger partial charge in [-0.2, -0.15) is 0 Å². The summed E-state index contributed by atoms with van der Waals surface area (Å²) >= 11 is 0. The lowest BCUT2D eigenvalue weighted by atomic mass is 9.37. The molecule has 0 heterocycles. The minimum Gasteiger partial charge on any atom is -0.481 e. The number of Topliss-reactive ketones (excluding diaryl/α,β-unsaturated/α-hetero) is 4. The van der Waals surface area contributed by atoms with Crippen molar-refractivity contribution in [2.75, 3.05) is 0 Å². The average Bonchev–Trinajstić information content (AvgIpc) is 2.99. The normalized spacial score (nSPS) is 44.4. The van der Waals surface area contributed by atoms with Gasteiger partial charge in [0.1, 0.15) is 23.1 Å². The smallest absolute Gasteiger partial charge is 0.306 e. The molecule has 0 aromatic rings. The van der Waals surface area contributed by atoms with Crippen LogP contribution in [0.4, 0.5) is 0 Å². The Morgan fingerprint density at radius 2 is 1.59 bits per heavy atom. The van der Waals surface area contributed by atoms with E-state index in [2.05, 4.69) is 6.92 Å². The molecule has 206 valence electrons. The summed E-state index contributed by atoms with van der Waals surface area (Å²) in [6.45, 7) is 13.4. The molecule has 7 heteroatoms. The van der Waals surface area contributed by atoms with Gasteiger partial charge in [-0.3, -0.25) is 24.0 Å². The molecule has 4 rings (SSSR count). The fraction of sp³-hybridized carbons (Fsp3) is 0.833. The molecule has 2 N–H and O–H groups in total. The highest BCUT2D eigenvalue weighted by Crippen LogP contribution is 2.73. The molecule has 0 radical (unpaired) electrons. The van der Waals surface area contributed by atoms with Gasteiger partial charge in [-0.05, 0) is 41.4 Å². The van der Waals surface area contributed by atoms with Gasteiger partial charge in [0.2, 0.25) is 0 Å². The molecule has 4 saturated carbocycles. The maximum absolute atomic E-state index is 14.1. The molecule has 0 spiro atoms. The van der Waals surface area contributed by atoms with Crippen molar-refractivity contribution in [2.24, 2.45) is 57.2 Å². The number of carbonyl (C=O) groups is 5. The third-order valence-electron chi connectivity index (χ3n) is 12.0. The number of carboxylic acids is 1. The van der Waals surface area contributed by atoms with E-state index in [1.807, 2.05) is 34.6 Å². The van der Waals surface area contributed by atoms with Crippen molar-refractivity contribution in [3.05, 3.63) is 0 Å². The summed E-state index contributed by atoms with van der Waals surface area (Å²) in [6.07, 6.45) is 1.22. The molecule has 0 bridgehead atoms. The van der Waals surface area contributed by atoms with Crippen LogP contribution < -0.4 is 0 Å². The highest BCUT2D eigenvalue weighted by Gasteiger charge is 2.74. The topological polar surface area (TPSA) is 126 Å². The van der Waals surface area contributed by atoms with E-state index >= 15 is 0 Å². The van der Waals surface area contributed by atoms with Gasteiger partial charge in [-0.25, -0.2) is 0 Å². The molecule has 37 heavy (non-hydrogen) atoms. The van der Waals surface area contributed by atoms with Crippen LogP contribution in [0.1, 0.15) is 93.4 Å². The second-order valence-electron chi connectivity index (χ2n) is 14.2. The van der Waals surface area contributed by atoms with E-state index in [-0.39, 0.29) is 66.6 Å². The number of carbonyl (C=O) groups excluding carboxylic acids is 4. The predicted molar refractivity (Wildman–Crippen MR) is 136 cm³/mol. The molecule has 0 amide bonds. The number of aliphatic hydroxyl groups is 1. The summed E-state index contributed by atoms with van der Waals surface area (Å²) in [5, 5.41) is 20.8. The summed E-state index contributed by atoms with van der Waals surface area (Å²) < 4.78 is 0. The third kappa shape index (κ3) is 3.81. The van der Waals surface area contributed by atoms with E-state index in [4.69, 9.17) is 0 Å². The van der Waals surface area contributed by atoms with E-state index in [1.54, 1.807) is 0 Å². The predicted octanol–water partition coefficient (Wildman–Crippen LogP) is 4.28. The Morgan fingerprint density at radius 1 is 0.973 bits per heavy atom. The summed E-state index contributed by atoms with van der Waals surface area (Å²) in [6, 6.07) is 0. The van der Waals surface area contributed by atoms with Gasteiger partial charge >= 0.3 is 5.97 Å². The van der Waals surface area contributed by atoms with Crippen LogP contribution in [-0.4, -0.2) is 45.4 Å². The van der Waals surface area contributed by atoms with Gasteiger partial charge in [0.15, 0.2) is 0 Å². The molecule has 7 nitrogen and oxygen atoms in total. The van der Waals surface area contributed by atoms with Crippen molar-refractivity contribution < 1.29 is 34.2 Å². The molecular formula is C30H44O7. The minimum atomic E-state index is -1.00. The first kappa shape index (κ1) is 28.1. The summed E-state index contributed by atoms with van der Waals surface area (Å²) in [5.41, 5.74) is -2.64. The monoisotopic (exact) mass is 516 g/mol. The largest absolute Gasteiger partial charge is 0.481 e. The first-order valence-electron chi connectivity index (χ1n) is 13.9. The number of ketones is 4. The number of hydrogen-bond acceptors (Lipinski definition) is 6. The molecular weight excluding hydrogens is 472 g/mol. The van der Waals surface area contributed by atoms with Crippen molar-refractivity contribution in [3.8, 4) is 0 Å². The highest BCUT2D eigenvalue weighted by atomic mass is 16.4. The van der Waals surface area contributed by atoms with Gasteiger partial charge in [-0.1, -0.05) is 48.5 Å². The second kappa shape index (κ2) is 8.82. The van der Waals surface area contributed by atoms with Crippen LogP contribution >= 0.6 is 0 Å². The maximum Gasteiger partial charge on any atom is 0.306 e. The first-order chi connectivity index (χ1) is 16.9. The quantitative estimate of drug-likeness (QED) is 0.540. The Hall–Kier alpha value is -1.89. The van der Waals surface area contributed by atoms with Crippen molar-refractivity contribution in [1.82, 2.24) is 0 Å². The fourth-order valence-corrected chi connectivity index (χ4v) is 9.64. The van der Waals surface area contributed by atoms with Crippen LogP contribution in [0.2, 0.25) is 0 Å². The zero-order chi connectivity index (χ0) is 27.9. The molecule has 0 aliphatic heterocycles. The zero-order valence-corrected chi connectivity index (χ0v) is 23.4. The van der Waals surface area contributed by atoms with Crippen LogP contribution in [0, 0.1) is 57.2 Å². The zero-order valence-electron chi connectivity index (χ0n) is 23.4. The van der Waals surface area contributed by atoms with Crippen molar-refractivity contribution in [3.63, 3.8) is 0 Å². The number of aliphatic hydroxyl groups excluding tert-OH is 1. The van der Waals surface area contributed by atoms with Crippen LogP contribution in [0.5, 0.6) is 0 Å². The number of rotatable bonds is 6. The Balaban J connectivity index is 1.68. The Bertz CT molecular complexity index is 1040. The molecule has 0 saturated heterocycles. The Labute approximate surface area is 220 Å². The van der Waals surface area contributed by atoms with Gasteiger partial charge in [0.05, 0.1) is 12.0 Å². The lowest BCUT2D eigenvalue weighted by Crippen LogP contribution is -2.68. The number of hydrogen-bond donors (Lipinski definition) is 2. The Kier molecular flexibility index (Phi) is 6.71. The Morgan fingerprint density at radius 3 is 2.19 bits per heavy atom. The van der Waals surface area contributed by atoms with Crippen molar-refractivity contribution in [2.45, 2.75) is 99.5 Å². The van der Waals surface area contributed by atoms with E-state index < -0.39 is 51.5 Å². The van der Waals surface area contributed by atoms with E-state index in [1.165, 1.54) is 6.92 Å². The molecule has 4 aliphatic rings. The van der Waals surface area contributed by atoms with E-state index in [9.17, 15) is 34.2 Å². The standard InChI is InChI=1S/C30H44O7/c1-15(10-17(31)11-16(2)26(36)37)18-12-23(35)30(7)25-19(32)13-21-27(3,4)22(34)8-9-28(21,5)24(25)20(33)14-29(18,30)6/h15-16,18,21,23-25,35H,8-14H2,1-7H3,(H,36,37)/t15-,16-,18-,21+,23+,24+,25-,28+,29-,30+/m1/s1. The highest BCUT2D eigenvalue weighted by molar-refractivity contribution is 5.96. The molecule has 4 aliphatic carbocycles. The van der Waals surface area contributed by atoms with E-state index in [0.29, 0.717) is 19.3 Å². The number of aliphatic carboxylic acids is 1. The first-order valence-corrected chi connectivity index (χ1v) is 13.9. The van der Waals surface area contributed by atoms with Crippen LogP contribution in [0.25, 0.3) is 0 Å². The van der Waals surface area contributed by atoms with Crippen molar-refractivity contribution in [1.29, 1.82) is 0 Å². The van der Waals surface area contributed by atoms with E-state index in [0.717, 1.165) is 0 Å². The second-order valence-corrected chi connectivity index (χ2v) is 14.2. The lowest BCUT2D eigenvalue weighted by Gasteiger charge is -2.65. The van der Waals surface area contributed by atoms with Gasteiger partial charge in [0.25, 0.3) is 0 Å². The molecule has 0 unspecified atom stereocenters. The maximum atomic E-state index is 14.1.